The Balaban J connectivity index is 1.84. The van der Waals surface area contributed by atoms with Crippen LogP contribution in [0, 0.1) is 26.7 Å². The standard InChI is InChI=1S/C19H20N4OS/c1-9-7-5-6-8-13(9)17-22-23-18(24-17)16-15(20)14-11(3)10(2)12(4)21-19(14)25-16/h5-6,8-9H,7,20H2,1-4H3. The van der Waals surface area contributed by atoms with Gasteiger partial charge in [-0.1, -0.05) is 25.2 Å². The van der Waals surface area contributed by atoms with E-state index >= 15 is 0 Å². The minimum Gasteiger partial charge on any atom is -0.416 e. The molecule has 0 bridgehead atoms. The monoisotopic (exact) mass is 352 g/mol. The van der Waals surface area contributed by atoms with Crippen LogP contribution in [0.2, 0.25) is 0 Å². The van der Waals surface area contributed by atoms with Crippen LogP contribution < -0.4 is 5.73 Å². The predicted octanol–water partition coefficient (Wildman–Crippen LogP) is 4.83. The number of aryl methyl sites for hydroxylation is 2. The maximum absolute atomic E-state index is 6.42. The minimum atomic E-state index is 0.368. The van der Waals surface area contributed by atoms with Gasteiger partial charge in [0.15, 0.2) is 0 Å². The van der Waals surface area contributed by atoms with Gasteiger partial charge in [-0.2, -0.15) is 0 Å². The van der Waals surface area contributed by atoms with Crippen LogP contribution in [-0.4, -0.2) is 15.2 Å². The van der Waals surface area contributed by atoms with Crippen LogP contribution in [0.5, 0.6) is 0 Å². The number of allylic oxidation sites excluding steroid dienone is 4. The molecule has 3 aromatic heterocycles. The van der Waals surface area contributed by atoms with Gasteiger partial charge >= 0.3 is 0 Å². The maximum Gasteiger partial charge on any atom is 0.260 e. The summed E-state index contributed by atoms with van der Waals surface area (Å²) < 4.78 is 5.97. The van der Waals surface area contributed by atoms with Gasteiger partial charge in [-0.25, -0.2) is 4.98 Å². The van der Waals surface area contributed by atoms with Crippen LogP contribution in [0.1, 0.15) is 36.1 Å². The molecule has 1 unspecified atom stereocenters. The lowest BCUT2D eigenvalue weighted by atomic mass is 9.93. The number of hydrogen-bond donors (Lipinski definition) is 1. The van der Waals surface area contributed by atoms with Crippen molar-refractivity contribution in [3.05, 3.63) is 40.9 Å². The van der Waals surface area contributed by atoms with E-state index in [9.17, 15) is 0 Å². The third-order valence-corrected chi connectivity index (χ3v) is 6.06. The quantitative estimate of drug-likeness (QED) is 0.714. The number of hydrogen-bond acceptors (Lipinski definition) is 6. The lowest BCUT2D eigenvalue weighted by Crippen LogP contribution is -2.00. The molecule has 4 rings (SSSR count). The summed E-state index contributed by atoms with van der Waals surface area (Å²) in [5, 5.41) is 9.49. The summed E-state index contributed by atoms with van der Waals surface area (Å²) in [5.74, 6) is 1.40. The van der Waals surface area contributed by atoms with E-state index in [0.29, 0.717) is 23.4 Å². The molecule has 2 N–H and O–H groups in total. The Morgan fingerprint density at radius 1 is 1.16 bits per heavy atom. The van der Waals surface area contributed by atoms with Crippen molar-refractivity contribution < 1.29 is 4.42 Å². The van der Waals surface area contributed by atoms with Crippen molar-refractivity contribution in [1.82, 2.24) is 15.2 Å². The van der Waals surface area contributed by atoms with E-state index in [-0.39, 0.29) is 0 Å². The van der Waals surface area contributed by atoms with E-state index in [1.807, 2.05) is 19.1 Å². The number of nitrogens with two attached hydrogens (primary N) is 1. The molecule has 0 spiro atoms. The molecule has 3 heterocycles. The van der Waals surface area contributed by atoms with Crippen LogP contribution >= 0.6 is 11.3 Å². The molecule has 0 saturated carbocycles. The molecule has 0 fully saturated rings. The SMILES string of the molecule is Cc1nc2sc(-c3nnc(C4=CC=CCC4C)o3)c(N)c2c(C)c1C. The van der Waals surface area contributed by atoms with E-state index in [1.165, 1.54) is 16.9 Å². The summed E-state index contributed by atoms with van der Waals surface area (Å²) in [6.45, 7) is 8.33. The molecule has 0 radical (unpaired) electrons. The van der Waals surface area contributed by atoms with Gasteiger partial charge in [-0.3, -0.25) is 0 Å². The highest BCUT2D eigenvalue weighted by Crippen LogP contribution is 2.42. The minimum absolute atomic E-state index is 0.368. The number of fused-ring (bicyclic) bond motifs is 1. The topological polar surface area (TPSA) is 77.8 Å². The number of nitrogens with zero attached hydrogens (tertiary/aromatic N) is 3. The van der Waals surface area contributed by atoms with Crippen LogP contribution in [-0.2, 0) is 0 Å². The number of anilines is 1. The van der Waals surface area contributed by atoms with Crippen molar-refractivity contribution >= 4 is 32.8 Å². The van der Waals surface area contributed by atoms with E-state index in [4.69, 9.17) is 10.2 Å². The Morgan fingerprint density at radius 3 is 2.68 bits per heavy atom. The zero-order valence-electron chi connectivity index (χ0n) is 14.8. The molecule has 25 heavy (non-hydrogen) atoms. The zero-order valence-corrected chi connectivity index (χ0v) is 15.6. The van der Waals surface area contributed by atoms with Gasteiger partial charge in [0.25, 0.3) is 5.89 Å². The lowest BCUT2D eigenvalue weighted by molar-refractivity contribution is 0.541. The molecule has 0 aliphatic heterocycles. The fourth-order valence-corrected chi connectivity index (χ4v) is 4.31. The van der Waals surface area contributed by atoms with E-state index < -0.39 is 0 Å². The summed E-state index contributed by atoms with van der Waals surface area (Å²) in [6, 6.07) is 0. The third kappa shape index (κ3) is 2.48. The predicted molar refractivity (Wildman–Crippen MR) is 102 cm³/mol. The van der Waals surface area contributed by atoms with Crippen LogP contribution in [0.4, 0.5) is 5.69 Å². The largest absolute Gasteiger partial charge is 0.416 e. The molecular weight excluding hydrogens is 332 g/mol. The molecular formula is C19H20N4OS. The van der Waals surface area contributed by atoms with Crippen molar-refractivity contribution in [3.63, 3.8) is 0 Å². The Hall–Kier alpha value is -2.47. The van der Waals surface area contributed by atoms with Gasteiger partial charge in [0.1, 0.15) is 9.71 Å². The highest BCUT2D eigenvalue weighted by Gasteiger charge is 2.23. The molecule has 5 nitrogen and oxygen atoms in total. The maximum atomic E-state index is 6.42. The van der Waals surface area contributed by atoms with Crippen molar-refractivity contribution in [2.75, 3.05) is 5.73 Å². The van der Waals surface area contributed by atoms with Gasteiger partial charge in [0.2, 0.25) is 5.89 Å². The fourth-order valence-electron chi connectivity index (χ4n) is 3.19. The Kier molecular flexibility index (Phi) is 3.72. The number of thiophene rings is 1. The van der Waals surface area contributed by atoms with E-state index in [2.05, 4.69) is 42.0 Å². The van der Waals surface area contributed by atoms with Gasteiger partial charge in [-0.05, 0) is 44.2 Å². The van der Waals surface area contributed by atoms with Gasteiger partial charge < -0.3 is 10.2 Å². The first kappa shape index (κ1) is 16.0. The average Bonchev–Trinajstić information content (AvgIpc) is 3.18. The number of nitrogen functional groups attached to an aromatic ring is 1. The van der Waals surface area contributed by atoms with Crippen molar-refractivity contribution in [3.8, 4) is 10.8 Å². The van der Waals surface area contributed by atoms with Gasteiger partial charge in [0, 0.05) is 16.7 Å². The average molecular weight is 352 g/mol. The molecule has 3 aromatic rings. The van der Waals surface area contributed by atoms with Crippen LogP contribution in [0.3, 0.4) is 0 Å². The molecule has 0 amide bonds. The second-order valence-electron chi connectivity index (χ2n) is 6.57. The highest BCUT2D eigenvalue weighted by molar-refractivity contribution is 7.22. The van der Waals surface area contributed by atoms with Crippen molar-refractivity contribution in [2.24, 2.45) is 5.92 Å². The zero-order chi connectivity index (χ0) is 17.7. The number of rotatable bonds is 2. The molecule has 0 aromatic carbocycles. The Labute approximate surface area is 150 Å². The molecule has 1 atom stereocenters. The molecule has 128 valence electrons. The molecule has 1 aliphatic rings. The summed E-state index contributed by atoms with van der Waals surface area (Å²) in [6.07, 6.45) is 7.20. The summed E-state index contributed by atoms with van der Waals surface area (Å²) in [7, 11) is 0. The van der Waals surface area contributed by atoms with E-state index in [0.717, 1.165) is 38.3 Å². The number of pyridine rings is 1. The van der Waals surface area contributed by atoms with Gasteiger partial charge in [0.05, 0.1) is 5.69 Å². The Bertz CT molecular complexity index is 1040. The van der Waals surface area contributed by atoms with Gasteiger partial charge in [-0.15, -0.1) is 21.5 Å². The molecule has 6 heteroatoms. The highest BCUT2D eigenvalue weighted by atomic mass is 32.1. The first-order valence-electron chi connectivity index (χ1n) is 8.34. The summed E-state index contributed by atoms with van der Waals surface area (Å²) in [4.78, 5) is 6.40. The van der Waals surface area contributed by atoms with E-state index in [1.54, 1.807) is 0 Å². The van der Waals surface area contributed by atoms with Crippen LogP contribution in [0.15, 0.2) is 22.6 Å². The summed E-state index contributed by atoms with van der Waals surface area (Å²) >= 11 is 1.51. The first-order valence-corrected chi connectivity index (χ1v) is 9.15. The van der Waals surface area contributed by atoms with Crippen molar-refractivity contribution in [1.29, 1.82) is 0 Å². The Morgan fingerprint density at radius 2 is 1.92 bits per heavy atom. The first-order chi connectivity index (χ1) is 12.0. The third-order valence-electron chi connectivity index (χ3n) is 4.97. The van der Waals surface area contributed by atoms with Crippen molar-refractivity contribution in [2.45, 2.75) is 34.1 Å². The van der Waals surface area contributed by atoms with Crippen LogP contribution in [0.25, 0.3) is 26.6 Å². The second kappa shape index (κ2) is 5.81. The molecule has 0 saturated heterocycles. The number of aromatic nitrogens is 3. The fraction of sp³-hybridized carbons (Fsp3) is 0.316. The normalized spacial score (nSPS) is 17.3. The lowest BCUT2D eigenvalue weighted by Gasteiger charge is -2.12. The summed E-state index contributed by atoms with van der Waals surface area (Å²) in [5.41, 5.74) is 11.5. The molecule has 1 aliphatic carbocycles. The smallest absolute Gasteiger partial charge is 0.260 e. The second-order valence-corrected chi connectivity index (χ2v) is 7.57.